The van der Waals surface area contributed by atoms with Crippen LogP contribution in [0.15, 0.2) is 24.3 Å². The van der Waals surface area contributed by atoms with Crippen LogP contribution in [-0.4, -0.2) is 19.7 Å². The normalized spacial score (nSPS) is 14.6. The number of hydrogen-bond donors (Lipinski definition) is 1. The molecule has 1 rings (SSSR count). The number of hydrogen-bond acceptors (Lipinski definition) is 2. The fourth-order valence-electron chi connectivity index (χ4n) is 2.54. The molecule has 0 aliphatic heterocycles. The van der Waals surface area contributed by atoms with Gasteiger partial charge in [0.2, 0.25) is 0 Å². The lowest BCUT2D eigenvalue weighted by Crippen LogP contribution is -2.38. The van der Waals surface area contributed by atoms with Crippen LogP contribution in [0.2, 0.25) is 0 Å². The van der Waals surface area contributed by atoms with Gasteiger partial charge < -0.3 is 10.1 Å². The first-order chi connectivity index (χ1) is 8.61. The Kier molecular flexibility index (Phi) is 6.20. The lowest BCUT2D eigenvalue weighted by atomic mass is 9.86. The van der Waals surface area contributed by atoms with Crippen LogP contribution in [0.25, 0.3) is 0 Å². The number of methoxy groups -OCH3 is 1. The quantitative estimate of drug-likeness (QED) is 0.793. The molecule has 1 N–H and O–H groups in total. The molecule has 0 fully saturated rings. The number of rotatable bonds is 7. The summed E-state index contributed by atoms with van der Waals surface area (Å²) < 4.78 is 5.47. The first-order valence-electron chi connectivity index (χ1n) is 6.98. The monoisotopic (exact) mass is 249 g/mol. The van der Waals surface area contributed by atoms with Gasteiger partial charge in [0.1, 0.15) is 5.75 Å². The molecule has 0 radical (unpaired) electrons. The third kappa shape index (κ3) is 3.74. The standard InChI is InChI=1S/C16H27NO/c1-6-11-17-16(12(2)3)13(4)14-9-7-8-10-15(14)18-5/h7-10,12-13,16-17H,6,11H2,1-5H3. The summed E-state index contributed by atoms with van der Waals surface area (Å²) in [4.78, 5) is 0. The first-order valence-corrected chi connectivity index (χ1v) is 6.98. The highest BCUT2D eigenvalue weighted by molar-refractivity contribution is 5.36. The van der Waals surface area contributed by atoms with Gasteiger partial charge in [0.05, 0.1) is 7.11 Å². The largest absolute Gasteiger partial charge is 0.496 e. The molecule has 0 saturated heterocycles. The Morgan fingerprint density at radius 1 is 1.17 bits per heavy atom. The summed E-state index contributed by atoms with van der Waals surface area (Å²) in [6, 6.07) is 8.82. The summed E-state index contributed by atoms with van der Waals surface area (Å²) in [5.41, 5.74) is 1.29. The molecular weight excluding hydrogens is 222 g/mol. The van der Waals surface area contributed by atoms with E-state index in [1.165, 1.54) is 12.0 Å². The Morgan fingerprint density at radius 2 is 1.83 bits per heavy atom. The van der Waals surface area contributed by atoms with Crippen LogP contribution in [0.5, 0.6) is 5.75 Å². The molecule has 2 atom stereocenters. The smallest absolute Gasteiger partial charge is 0.122 e. The van der Waals surface area contributed by atoms with Crippen molar-refractivity contribution in [3.8, 4) is 5.75 Å². The van der Waals surface area contributed by atoms with E-state index in [0.717, 1.165) is 12.3 Å². The van der Waals surface area contributed by atoms with Gasteiger partial charge in [-0.05, 0) is 30.5 Å². The van der Waals surface area contributed by atoms with E-state index >= 15 is 0 Å². The molecule has 0 amide bonds. The second-order valence-electron chi connectivity index (χ2n) is 5.25. The van der Waals surface area contributed by atoms with Crippen molar-refractivity contribution in [2.75, 3.05) is 13.7 Å². The minimum Gasteiger partial charge on any atom is -0.496 e. The van der Waals surface area contributed by atoms with Crippen molar-refractivity contribution >= 4 is 0 Å². The molecule has 0 spiro atoms. The SMILES string of the molecule is CCCNC(C(C)C)C(C)c1ccccc1OC. The summed E-state index contributed by atoms with van der Waals surface area (Å²) in [7, 11) is 1.75. The third-order valence-electron chi connectivity index (χ3n) is 3.52. The van der Waals surface area contributed by atoms with E-state index in [-0.39, 0.29) is 0 Å². The van der Waals surface area contributed by atoms with Gasteiger partial charge in [0, 0.05) is 12.0 Å². The minimum absolute atomic E-state index is 0.452. The van der Waals surface area contributed by atoms with Crippen LogP contribution in [0, 0.1) is 5.92 Å². The van der Waals surface area contributed by atoms with Crippen molar-refractivity contribution < 1.29 is 4.74 Å². The molecule has 0 aromatic heterocycles. The summed E-state index contributed by atoms with van der Waals surface area (Å²) in [5.74, 6) is 2.05. The summed E-state index contributed by atoms with van der Waals surface area (Å²) in [6.45, 7) is 10.1. The molecule has 0 aliphatic rings. The number of benzene rings is 1. The van der Waals surface area contributed by atoms with E-state index in [4.69, 9.17) is 4.74 Å². The van der Waals surface area contributed by atoms with E-state index in [1.54, 1.807) is 7.11 Å². The Bertz CT molecular complexity index is 349. The second-order valence-corrected chi connectivity index (χ2v) is 5.25. The van der Waals surface area contributed by atoms with Crippen molar-refractivity contribution in [2.45, 2.75) is 46.1 Å². The van der Waals surface area contributed by atoms with E-state index in [2.05, 4.69) is 45.1 Å². The Balaban J connectivity index is 2.90. The first kappa shape index (κ1) is 15.0. The van der Waals surface area contributed by atoms with Crippen molar-refractivity contribution in [2.24, 2.45) is 5.92 Å². The van der Waals surface area contributed by atoms with Gasteiger partial charge in [-0.25, -0.2) is 0 Å². The van der Waals surface area contributed by atoms with E-state index in [1.807, 2.05) is 12.1 Å². The van der Waals surface area contributed by atoms with E-state index in [9.17, 15) is 0 Å². The van der Waals surface area contributed by atoms with Crippen LogP contribution in [-0.2, 0) is 0 Å². The lowest BCUT2D eigenvalue weighted by Gasteiger charge is -2.30. The summed E-state index contributed by atoms with van der Waals surface area (Å²) in [6.07, 6.45) is 1.17. The van der Waals surface area contributed by atoms with Gasteiger partial charge >= 0.3 is 0 Å². The number of ether oxygens (including phenoxy) is 1. The molecule has 1 aromatic carbocycles. The third-order valence-corrected chi connectivity index (χ3v) is 3.52. The summed E-state index contributed by atoms with van der Waals surface area (Å²) >= 11 is 0. The maximum Gasteiger partial charge on any atom is 0.122 e. The fraction of sp³-hybridized carbons (Fsp3) is 0.625. The van der Waals surface area contributed by atoms with Crippen LogP contribution >= 0.6 is 0 Å². The molecule has 2 heteroatoms. The highest BCUT2D eigenvalue weighted by atomic mass is 16.5. The molecule has 2 nitrogen and oxygen atoms in total. The Hall–Kier alpha value is -1.02. The average molecular weight is 249 g/mol. The van der Waals surface area contributed by atoms with Crippen LogP contribution < -0.4 is 10.1 Å². The summed E-state index contributed by atoms with van der Waals surface area (Å²) in [5, 5.41) is 3.66. The lowest BCUT2D eigenvalue weighted by molar-refractivity contribution is 0.342. The van der Waals surface area contributed by atoms with Gasteiger partial charge in [0.15, 0.2) is 0 Å². The number of para-hydroxylation sites is 1. The molecule has 0 aliphatic carbocycles. The highest BCUT2D eigenvalue weighted by Crippen LogP contribution is 2.30. The van der Waals surface area contributed by atoms with Crippen molar-refractivity contribution in [1.29, 1.82) is 0 Å². The van der Waals surface area contributed by atoms with Crippen molar-refractivity contribution in [3.05, 3.63) is 29.8 Å². The van der Waals surface area contributed by atoms with Crippen LogP contribution in [0.3, 0.4) is 0 Å². The van der Waals surface area contributed by atoms with Gasteiger partial charge in [-0.15, -0.1) is 0 Å². The molecule has 102 valence electrons. The topological polar surface area (TPSA) is 21.3 Å². The van der Waals surface area contributed by atoms with Crippen molar-refractivity contribution in [1.82, 2.24) is 5.32 Å². The molecule has 2 unspecified atom stereocenters. The zero-order chi connectivity index (χ0) is 13.5. The fourth-order valence-corrected chi connectivity index (χ4v) is 2.54. The molecule has 0 saturated carbocycles. The Morgan fingerprint density at radius 3 is 2.39 bits per heavy atom. The Labute approximate surface area is 112 Å². The molecular formula is C16H27NO. The molecule has 0 bridgehead atoms. The molecule has 18 heavy (non-hydrogen) atoms. The predicted octanol–water partition coefficient (Wildman–Crippen LogP) is 3.82. The highest BCUT2D eigenvalue weighted by Gasteiger charge is 2.23. The van der Waals surface area contributed by atoms with Gasteiger partial charge in [-0.1, -0.05) is 45.9 Å². The van der Waals surface area contributed by atoms with Gasteiger partial charge in [-0.3, -0.25) is 0 Å². The van der Waals surface area contributed by atoms with Crippen LogP contribution in [0.4, 0.5) is 0 Å². The second kappa shape index (κ2) is 7.42. The van der Waals surface area contributed by atoms with Crippen molar-refractivity contribution in [3.63, 3.8) is 0 Å². The van der Waals surface area contributed by atoms with E-state index < -0.39 is 0 Å². The molecule has 0 heterocycles. The predicted molar refractivity (Wildman–Crippen MR) is 78.3 cm³/mol. The van der Waals surface area contributed by atoms with Gasteiger partial charge in [0.25, 0.3) is 0 Å². The maximum atomic E-state index is 5.47. The van der Waals surface area contributed by atoms with Gasteiger partial charge in [-0.2, -0.15) is 0 Å². The van der Waals surface area contributed by atoms with Crippen LogP contribution in [0.1, 0.15) is 45.6 Å². The average Bonchev–Trinajstić information content (AvgIpc) is 2.38. The van der Waals surface area contributed by atoms with E-state index in [0.29, 0.717) is 17.9 Å². The minimum atomic E-state index is 0.452. The molecule has 1 aromatic rings. The zero-order valence-electron chi connectivity index (χ0n) is 12.4. The number of nitrogens with one attached hydrogen (secondary N) is 1. The maximum absolute atomic E-state index is 5.47. The zero-order valence-corrected chi connectivity index (χ0v) is 12.4.